The van der Waals surface area contributed by atoms with Crippen LogP contribution in [0.2, 0.25) is 10.0 Å². The van der Waals surface area contributed by atoms with Gasteiger partial charge >= 0.3 is 0 Å². The van der Waals surface area contributed by atoms with E-state index in [2.05, 4.69) is 23.3 Å². The highest BCUT2D eigenvalue weighted by Crippen LogP contribution is 2.34. The lowest BCUT2D eigenvalue weighted by molar-refractivity contribution is -0.115. The Balaban J connectivity index is 1.62. The zero-order valence-corrected chi connectivity index (χ0v) is 17.5. The quantitative estimate of drug-likeness (QED) is 0.257. The predicted molar refractivity (Wildman–Crippen MR) is 121 cm³/mol. The molecule has 2 aromatic carbocycles. The number of amides is 1. The van der Waals surface area contributed by atoms with Crippen molar-refractivity contribution in [2.45, 2.75) is 4.90 Å². The molecule has 0 aliphatic carbocycles. The molecular formula is C20H14Cl2N2O2S2. The number of hydrogen-bond acceptors (Lipinski definition) is 4. The van der Waals surface area contributed by atoms with Crippen LogP contribution in [0.1, 0.15) is 5.76 Å². The summed E-state index contributed by atoms with van der Waals surface area (Å²) < 4.78 is 5.70. The summed E-state index contributed by atoms with van der Waals surface area (Å²) >= 11 is 21.7. The molecule has 0 saturated heterocycles. The first-order chi connectivity index (χ1) is 13.4. The highest BCUT2D eigenvalue weighted by atomic mass is 35.5. The number of furan rings is 1. The van der Waals surface area contributed by atoms with E-state index in [-0.39, 0.29) is 5.11 Å². The minimum Gasteiger partial charge on any atom is -0.457 e. The van der Waals surface area contributed by atoms with E-state index in [1.807, 2.05) is 24.3 Å². The van der Waals surface area contributed by atoms with E-state index in [0.717, 1.165) is 4.90 Å². The SMILES string of the molecule is O=C(/C=C/c1ccc(-c2cccc(Cl)c2Cl)o1)NC(=S)Nc1ccccc1S. The number of anilines is 1. The summed E-state index contributed by atoms with van der Waals surface area (Å²) in [6, 6.07) is 16.1. The van der Waals surface area contributed by atoms with Crippen molar-refractivity contribution in [3.05, 3.63) is 76.5 Å². The topological polar surface area (TPSA) is 54.3 Å². The Kier molecular flexibility index (Phi) is 6.80. The van der Waals surface area contributed by atoms with Crippen molar-refractivity contribution in [1.82, 2.24) is 5.32 Å². The molecule has 3 rings (SSSR count). The van der Waals surface area contributed by atoms with Crippen LogP contribution in [0.5, 0.6) is 0 Å². The summed E-state index contributed by atoms with van der Waals surface area (Å²) in [5.41, 5.74) is 1.38. The van der Waals surface area contributed by atoms with E-state index in [9.17, 15) is 4.79 Å². The van der Waals surface area contributed by atoms with Crippen molar-refractivity contribution in [1.29, 1.82) is 0 Å². The van der Waals surface area contributed by atoms with Gasteiger partial charge in [-0.1, -0.05) is 41.4 Å². The first-order valence-electron chi connectivity index (χ1n) is 8.06. The molecule has 0 unspecified atom stereocenters. The van der Waals surface area contributed by atoms with Gasteiger partial charge in [0, 0.05) is 16.5 Å². The molecular weight excluding hydrogens is 435 g/mol. The van der Waals surface area contributed by atoms with E-state index in [0.29, 0.717) is 32.8 Å². The third kappa shape index (κ3) is 5.17. The van der Waals surface area contributed by atoms with Crippen LogP contribution in [-0.4, -0.2) is 11.0 Å². The Morgan fingerprint density at radius 1 is 1.07 bits per heavy atom. The normalized spacial score (nSPS) is 10.8. The summed E-state index contributed by atoms with van der Waals surface area (Å²) in [7, 11) is 0. The van der Waals surface area contributed by atoms with Crippen LogP contribution in [0.4, 0.5) is 5.69 Å². The molecule has 3 aromatic rings. The third-order valence-corrected chi connectivity index (χ3v) is 5.04. The highest BCUT2D eigenvalue weighted by Gasteiger charge is 2.10. The van der Waals surface area contributed by atoms with Crippen molar-refractivity contribution < 1.29 is 9.21 Å². The predicted octanol–water partition coefficient (Wildman–Crippen LogP) is 6.07. The Bertz CT molecular complexity index is 1060. The summed E-state index contributed by atoms with van der Waals surface area (Å²) in [4.78, 5) is 12.8. The molecule has 0 aliphatic heterocycles. The van der Waals surface area contributed by atoms with E-state index in [4.69, 9.17) is 39.8 Å². The van der Waals surface area contributed by atoms with Gasteiger partial charge in [-0.05, 0) is 54.7 Å². The molecule has 1 heterocycles. The minimum absolute atomic E-state index is 0.169. The largest absolute Gasteiger partial charge is 0.457 e. The van der Waals surface area contributed by atoms with Gasteiger partial charge < -0.3 is 9.73 Å². The molecule has 2 N–H and O–H groups in total. The van der Waals surface area contributed by atoms with Gasteiger partial charge in [-0.25, -0.2) is 0 Å². The summed E-state index contributed by atoms with van der Waals surface area (Å²) in [6.07, 6.45) is 2.86. The van der Waals surface area contributed by atoms with E-state index >= 15 is 0 Å². The van der Waals surface area contributed by atoms with Crippen molar-refractivity contribution in [3.63, 3.8) is 0 Å². The van der Waals surface area contributed by atoms with Gasteiger partial charge in [0.15, 0.2) is 5.11 Å². The molecule has 0 spiro atoms. The fourth-order valence-corrected chi connectivity index (χ4v) is 3.15. The maximum absolute atomic E-state index is 12.1. The van der Waals surface area contributed by atoms with Gasteiger partial charge in [-0.2, -0.15) is 0 Å². The Labute approximate surface area is 182 Å². The smallest absolute Gasteiger partial charge is 0.250 e. The molecule has 0 bridgehead atoms. The summed E-state index contributed by atoms with van der Waals surface area (Å²) in [6.45, 7) is 0. The number of benzene rings is 2. The van der Waals surface area contributed by atoms with E-state index in [1.165, 1.54) is 12.2 Å². The van der Waals surface area contributed by atoms with E-state index < -0.39 is 5.91 Å². The summed E-state index contributed by atoms with van der Waals surface area (Å²) in [5.74, 6) is 0.642. The number of thiol groups is 1. The Hall–Kier alpha value is -2.25. The Morgan fingerprint density at radius 3 is 2.64 bits per heavy atom. The minimum atomic E-state index is -0.395. The molecule has 28 heavy (non-hydrogen) atoms. The van der Waals surface area contributed by atoms with Crippen LogP contribution in [0.25, 0.3) is 17.4 Å². The molecule has 0 aliphatic rings. The first-order valence-corrected chi connectivity index (χ1v) is 9.67. The van der Waals surface area contributed by atoms with E-state index in [1.54, 1.807) is 30.3 Å². The van der Waals surface area contributed by atoms with Gasteiger partial charge in [0.2, 0.25) is 5.91 Å². The lowest BCUT2D eigenvalue weighted by Crippen LogP contribution is -2.32. The molecule has 0 atom stereocenters. The van der Waals surface area contributed by atoms with Gasteiger partial charge in [0.25, 0.3) is 0 Å². The van der Waals surface area contributed by atoms with Crippen LogP contribution in [0.3, 0.4) is 0 Å². The number of carbonyl (C=O) groups excluding carboxylic acids is 1. The lowest BCUT2D eigenvalue weighted by atomic mass is 10.2. The number of rotatable bonds is 4. The lowest BCUT2D eigenvalue weighted by Gasteiger charge is -2.09. The van der Waals surface area contributed by atoms with Crippen LogP contribution in [0.15, 0.2) is 70.0 Å². The number of hydrogen-bond donors (Lipinski definition) is 3. The fourth-order valence-electron chi connectivity index (χ4n) is 2.33. The van der Waals surface area contributed by atoms with Crippen molar-refractivity contribution >= 4 is 70.8 Å². The summed E-state index contributed by atoms with van der Waals surface area (Å²) in [5, 5.41) is 6.50. The molecule has 8 heteroatoms. The van der Waals surface area contributed by atoms with Crippen LogP contribution in [-0.2, 0) is 4.79 Å². The second-order valence-corrected chi connectivity index (χ2v) is 7.27. The number of carbonyl (C=O) groups is 1. The third-order valence-electron chi connectivity index (χ3n) is 3.63. The average Bonchev–Trinajstić information content (AvgIpc) is 3.13. The molecule has 142 valence electrons. The highest BCUT2D eigenvalue weighted by molar-refractivity contribution is 7.81. The van der Waals surface area contributed by atoms with Gasteiger partial charge in [-0.15, -0.1) is 12.6 Å². The van der Waals surface area contributed by atoms with Gasteiger partial charge in [0.1, 0.15) is 11.5 Å². The number of halogens is 2. The van der Waals surface area contributed by atoms with Crippen molar-refractivity contribution in [3.8, 4) is 11.3 Å². The molecule has 0 radical (unpaired) electrons. The monoisotopic (exact) mass is 448 g/mol. The number of para-hydroxylation sites is 1. The maximum Gasteiger partial charge on any atom is 0.250 e. The van der Waals surface area contributed by atoms with Gasteiger partial charge in [-0.3, -0.25) is 10.1 Å². The maximum atomic E-state index is 12.1. The second-order valence-electron chi connectivity index (χ2n) is 5.60. The first kappa shape index (κ1) is 20.5. The zero-order valence-electron chi connectivity index (χ0n) is 14.3. The van der Waals surface area contributed by atoms with Gasteiger partial charge in [0.05, 0.1) is 15.7 Å². The van der Waals surface area contributed by atoms with Crippen LogP contribution < -0.4 is 10.6 Å². The van der Waals surface area contributed by atoms with Crippen LogP contribution >= 0.6 is 48.0 Å². The number of thiocarbonyl (C=S) groups is 1. The zero-order chi connectivity index (χ0) is 20.1. The Morgan fingerprint density at radius 2 is 1.86 bits per heavy atom. The van der Waals surface area contributed by atoms with Crippen molar-refractivity contribution in [2.75, 3.05) is 5.32 Å². The fraction of sp³-hybridized carbons (Fsp3) is 0. The molecule has 4 nitrogen and oxygen atoms in total. The molecule has 1 amide bonds. The second kappa shape index (κ2) is 9.30. The molecule has 0 saturated carbocycles. The number of nitrogens with one attached hydrogen (secondary N) is 2. The standard InChI is InChI=1S/C20H14Cl2N2O2S2/c21-14-5-3-4-13(19(14)22)16-10-8-12(26-16)9-11-18(25)24-20(28)23-15-6-1-2-7-17(15)27/h1-11,27H,(H2,23,24,25,28)/b11-9+. The van der Waals surface area contributed by atoms with Crippen molar-refractivity contribution in [2.24, 2.45) is 0 Å². The average molecular weight is 449 g/mol. The van der Waals surface area contributed by atoms with Crippen LogP contribution in [0, 0.1) is 0 Å². The molecule has 0 fully saturated rings. The molecule has 1 aromatic heterocycles.